The second-order valence-electron chi connectivity index (χ2n) is 4.80. The Labute approximate surface area is 132 Å². The van der Waals surface area contributed by atoms with Crippen molar-refractivity contribution in [1.29, 1.82) is 0 Å². The van der Waals surface area contributed by atoms with Gasteiger partial charge in [0, 0.05) is 0 Å². The third-order valence-corrected chi connectivity index (χ3v) is 6.24. The molecule has 0 amide bonds. The van der Waals surface area contributed by atoms with Crippen LogP contribution in [0.2, 0.25) is 4.82 Å². The molecule has 2 aromatic rings. The predicted octanol–water partition coefficient (Wildman–Crippen LogP) is 3.17. The van der Waals surface area contributed by atoms with Gasteiger partial charge < -0.3 is 0 Å². The van der Waals surface area contributed by atoms with E-state index in [1.54, 1.807) is 0 Å². The Balaban J connectivity index is 2.21. The summed E-state index contributed by atoms with van der Waals surface area (Å²) in [4.78, 5) is 12.3. The second kappa shape index (κ2) is 8.02. The molecule has 0 saturated carbocycles. The van der Waals surface area contributed by atoms with E-state index in [-0.39, 0.29) is 31.7 Å². The van der Waals surface area contributed by atoms with Crippen LogP contribution in [0.1, 0.15) is 25.3 Å². The number of benzene rings is 2. The van der Waals surface area contributed by atoms with E-state index in [0.29, 0.717) is 6.61 Å². The zero-order chi connectivity index (χ0) is 15.1. The van der Waals surface area contributed by atoms with Crippen LogP contribution in [0.25, 0.3) is 0 Å². The van der Waals surface area contributed by atoms with Gasteiger partial charge in [0.15, 0.2) is 0 Å². The van der Waals surface area contributed by atoms with Crippen LogP contribution in [0.4, 0.5) is 0 Å². The second-order valence-corrected chi connectivity index (χ2v) is 7.35. The molecule has 3 heteroatoms. The third-order valence-electron chi connectivity index (χ3n) is 3.30. The third kappa shape index (κ3) is 4.45. The van der Waals surface area contributed by atoms with Crippen molar-refractivity contribution in [3.8, 4) is 0 Å². The van der Waals surface area contributed by atoms with Crippen LogP contribution in [0.15, 0.2) is 60.7 Å². The van der Waals surface area contributed by atoms with Crippen molar-refractivity contribution in [1.82, 2.24) is 0 Å². The SMILES string of the molecule is CCOC(=O)[C@@H]([Se]c1ccccc1)[C@H](C)c1ccccc1. The van der Waals surface area contributed by atoms with Gasteiger partial charge in [0.05, 0.1) is 0 Å². The average Bonchev–Trinajstić information content (AvgIpc) is 2.54. The minimum atomic E-state index is -0.0951. The number of hydrogen-bond donors (Lipinski definition) is 0. The molecule has 0 spiro atoms. The fraction of sp³-hybridized carbons (Fsp3) is 0.278. The Morgan fingerprint density at radius 1 is 1.05 bits per heavy atom. The van der Waals surface area contributed by atoms with E-state index in [1.807, 2.05) is 43.3 Å². The fourth-order valence-corrected chi connectivity index (χ4v) is 4.53. The summed E-state index contributed by atoms with van der Waals surface area (Å²) in [6, 6.07) is 20.4. The van der Waals surface area contributed by atoms with E-state index in [1.165, 1.54) is 10.0 Å². The quantitative estimate of drug-likeness (QED) is 0.593. The van der Waals surface area contributed by atoms with E-state index in [9.17, 15) is 4.79 Å². The summed E-state index contributed by atoms with van der Waals surface area (Å²) in [5.74, 6) is 0.0724. The molecule has 0 unspecified atom stereocenters. The van der Waals surface area contributed by atoms with Gasteiger partial charge in [-0.3, -0.25) is 0 Å². The molecule has 2 atom stereocenters. The van der Waals surface area contributed by atoms with Gasteiger partial charge >= 0.3 is 132 Å². The van der Waals surface area contributed by atoms with E-state index in [4.69, 9.17) is 4.74 Å². The molecule has 2 nitrogen and oxygen atoms in total. The number of ether oxygens (including phenoxy) is 1. The summed E-state index contributed by atoms with van der Waals surface area (Å²) in [6.07, 6.45) is 0. The molecule has 0 N–H and O–H groups in total. The molecular formula is C18H20O2Se. The van der Waals surface area contributed by atoms with E-state index in [2.05, 4.69) is 31.2 Å². The molecule has 2 aromatic carbocycles. The van der Waals surface area contributed by atoms with E-state index >= 15 is 0 Å². The molecule has 0 heterocycles. The molecule has 0 radical (unpaired) electrons. The van der Waals surface area contributed by atoms with Gasteiger partial charge in [-0.1, -0.05) is 0 Å². The summed E-state index contributed by atoms with van der Waals surface area (Å²) >= 11 is 0.0583. The van der Waals surface area contributed by atoms with Gasteiger partial charge in [-0.2, -0.15) is 0 Å². The first-order chi connectivity index (χ1) is 10.2. The first-order valence-electron chi connectivity index (χ1n) is 7.15. The summed E-state index contributed by atoms with van der Waals surface area (Å²) in [6.45, 7) is 4.40. The summed E-state index contributed by atoms with van der Waals surface area (Å²) in [7, 11) is 0. The van der Waals surface area contributed by atoms with Crippen molar-refractivity contribution in [2.75, 3.05) is 6.61 Å². The topological polar surface area (TPSA) is 26.3 Å². The van der Waals surface area contributed by atoms with Crippen molar-refractivity contribution in [2.45, 2.75) is 24.6 Å². The molecule has 0 saturated heterocycles. The van der Waals surface area contributed by atoms with Gasteiger partial charge in [-0.25, -0.2) is 0 Å². The zero-order valence-corrected chi connectivity index (χ0v) is 14.1. The Hall–Kier alpha value is -1.57. The molecule has 2 rings (SSSR count). The fourth-order valence-electron chi connectivity index (χ4n) is 2.16. The van der Waals surface area contributed by atoms with Crippen LogP contribution in [-0.2, 0) is 9.53 Å². The molecule has 0 aromatic heterocycles. The van der Waals surface area contributed by atoms with Crippen LogP contribution in [0, 0.1) is 0 Å². The van der Waals surface area contributed by atoms with Crippen molar-refractivity contribution in [3.63, 3.8) is 0 Å². The maximum atomic E-state index is 12.4. The summed E-state index contributed by atoms with van der Waals surface area (Å²) < 4.78 is 6.52. The zero-order valence-electron chi connectivity index (χ0n) is 12.4. The first-order valence-corrected chi connectivity index (χ1v) is 9.00. The molecule has 0 aliphatic carbocycles. The van der Waals surface area contributed by atoms with Crippen LogP contribution in [0.5, 0.6) is 0 Å². The Bertz CT molecular complexity index is 554. The monoisotopic (exact) mass is 348 g/mol. The average molecular weight is 347 g/mol. The Kier molecular flexibility index (Phi) is 6.03. The van der Waals surface area contributed by atoms with Crippen molar-refractivity contribution in [3.05, 3.63) is 66.2 Å². The molecule has 110 valence electrons. The first kappa shape index (κ1) is 15.8. The number of carbonyl (C=O) groups is 1. The number of rotatable bonds is 6. The van der Waals surface area contributed by atoms with E-state index in [0.717, 1.165) is 0 Å². The molecule has 0 bridgehead atoms. The minimum absolute atomic E-state index is 0.0583. The van der Waals surface area contributed by atoms with Crippen LogP contribution in [-0.4, -0.2) is 27.5 Å². The van der Waals surface area contributed by atoms with Crippen molar-refractivity contribution >= 4 is 25.4 Å². The number of hydrogen-bond acceptors (Lipinski definition) is 2. The Morgan fingerprint density at radius 2 is 1.62 bits per heavy atom. The van der Waals surface area contributed by atoms with Gasteiger partial charge in [-0.15, -0.1) is 0 Å². The van der Waals surface area contributed by atoms with Crippen LogP contribution < -0.4 is 4.46 Å². The Morgan fingerprint density at radius 3 is 2.19 bits per heavy atom. The van der Waals surface area contributed by atoms with Crippen molar-refractivity contribution < 1.29 is 9.53 Å². The van der Waals surface area contributed by atoms with Gasteiger partial charge in [0.1, 0.15) is 0 Å². The predicted molar refractivity (Wildman–Crippen MR) is 87.1 cm³/mol. The van der Waals surface area contributed by atoms with Crippen LogP contribution in [0.3, 0.4) is 0 Å². The number of esters is 1. The molecular weight excluding hydrogens is 327 g/mol. The van der Waals surface area contributed by atoms with Gasteiger partial charge in [0.25, 0.3) is 0 Å². The van der Waals surface area contributed by atoms with Gasteiger partial charge in [0.2, 0.25) is 0 Å². The molecule has 0 aliphatic rings. The standard InChI is InChI=1S/C18H20O2Se/c1-3-20-18(19)17(21-16-12-8-5-9-13-16)14(2)15-10-6-4-7-11-15/h4-14,17H,3H2,1-2H3/t14-,17+/m1/s1. The van der Waals surface area contributed by atoms with Crippen LogP contribution >= 0.6 is 0 Å². The van der Waals surface area contributed by atoms with Crippen molar-refractivity contribution in [2.24, 2.45) is 0 Å². The van der Waals surface area contributed by atoms with E-state index < -0.39 is 0 Å². The maximum absolute atomic E-state index is 12.4. The molecule has 21 heavy (non-hydrogen) atoms. The summed E-state index contributed by atoms with van der Waals surface area (Å²) in [5, 5.41) is 0. The summed E-state index contributed by atoms with van der Waals surface area (Å²) in [5.41, 5.74) is 1.19. The molecule has 0 aliphatic heterocycles. The normalized spacial score (nSPS) is 13.4. The van der Waals surface area contributed by atoms with Gasteiger partial charge in [-0.05, 0) is 0 Å². The molecule has 0 fully saturated rings. The number of carbonyl (C=O) groups excluding carboxylic acids is 1.